The molecule has 1 aromatic heterocycles. The van der Waals surface area contributed by atoms with Crippen LogP contribution in [0.3, 0.4) is 0 Å². The van der Waals surface area contributed by atoms with Crippen LogP contribution in [0.4, 0.5) is 5.69 Å². The molecule has 1 amide bonds. The molecule has 5 heteroatoms. The minimum Gasteiger partial charge on any atom is -0.453 e. The SMILES string of the molecule is C[C@H](OC(=O)CCc1cccs1)C(=O)Nc1ccccc1. The number of anilines is 1. The first-order chi connectivity index (χ1) is 10.1. The Bertz CT molecular complexity index is 581. The third kappa shape index (κ3) is 5.04. The van der Waals surface area contributed by atoms with Gasteiger partial charge >= 0.3 is 5.97 Å². The van der Waals surface area contributed by atoms with Gasteiger partial charge in [0.15, 0.2) is 6.10 Å². The highest BCUT2D eigenvalue weighted by Crippen LogP contribution is 2.12. The maximum Gasteiger partial charge on any atom is 0.306 e. The van der Waals surface area contributed by atoms with Crippen molar-refractivity contribution in [2.45, 2.75) is 25.9 Å². The summed E-state index contributed by atoms with van der Waals surface area (Å²) in [5.74, 6) is -0.690. The molecule has 0 bridgehead atoms. The smallest absolute Gasteiger partial charge is 0.306 e. The van der Waals surface area contributed by atoms with Crippen LogP contribution < -0.4 is 5.32 Å². The Morgan fingerprint density at radius 2 is 1.95 bits per heavy atom. The van der Waals surface area contributed by atoms with E-state index in [1.165, 1.54) is 0 Å². The van der Waals surface area contributed by atoms with Crippen molar-refractivity contribution in [1.82, 2.24) is 0 Å². The van der Waals surface area contributed by atoms with Gasteiger partial charge in [-0.2, -0.15) is 0 Å². The van der Waals surface area contributed by atoms with Crippen LogP contribution in [0.2, 0.25) is 0 Å². The van der Waals surface area contributed by atoms with Gasteiger partial charge in [-0.25, -0.2) is 0 Å². The number of hydrogen-bond acceptors (Lipinski definition) is 4. The average molecular weight is 303 g/mol. The number of ether oxygens (including phenoxy) is 1. The number of esters is 1. The molecule has 4 nitrogen and oxygen atoms in total. The first kappa shape index (κ1) is 15.3. The molecule has 0 saturated carbocycles. The lowest BCUT2D eigenvalue weighted by Crippen LogP contribution is -2.30. The van der Waals surface area contributed by atoms with E-state index >= 15 is 0 Å². The molecule has 0 fully saturated rings. The van der Waals surface area contributed by atoms with Gasteiger partial charge in [-0.15, -0.1) is 11.3 Å². The van der Waals surface area contributed by atoms with E-state index in [0.717, 1.165) is 4.88 Å². The van der Waals surface area contributed by atoms with Gasteiger partial charge in [-0.05, 0) is 36.9 Å². The van der Waals surface area contributed by atoms with E-state index in [2.05, 4.69) is 5.32 Å². The highest BCUT2D eigenvalue weighted by molar-refractivity contribution is 7.09. The molecule has 1 atom stereocenters. The zero-order valence-electron chi connectivity index (χ0n) is 11.7. The minimum atomic E-state index is -0.805. The lowest BCUT2D eigenvalue weighted by Gasteiger charge is -2.13. The molecule has 1 aromatic carbocycles. The van der Waals surface area contributed by atoms with Crippen molar-refractivity contribution in [1.29, 1.82) is 0 Å². The van der Waals surface area contributed by atoms with Crippen LogP contribution in [0, 0.1) is 0 Å². The van der Waals surface area contributed by atoms with Gasteiger partial charge in [0.1, 0.15) is 0 Å². The molecule has 0 aliphatic rings. The zero-order valence-corrected chi connectivity index (χ0v) is 12.6. The van der Waals surface area contributed by atoms with Crippen molar-refractivity contribution in [3.05, 3.63) is 52.7 Å². The Balaban J connectivity index is 1.76. The molecule has 110 valence electrons. The van der Waals surface area contributed by atoms with Gasteiger partial charge in [0.05, 0.1) is 6.42 Å². The second-order valence-electron chi connectivity index (χ2n) is 4.57. The van der Waals surface area contributed by atoms with Crippen LogP contribution >= 0.6 is 11.3 Å². The number of nitrogens with one attached hydrogen (secondary N) is 1. The Hall–Kier alpha value is -2.14. The maximum absolute atomic E-state index is 11.9. The predicted molar refractivity (Wildman–Crippen MR) is 83.3 cm³/mol. The fraction of sp³-hybridized carbons (Fsp3) is 0.250. The molecule has 2 rings (SSSR count). The second kappa shape index (κ2) is 7.59. The number of benzene rings is 1. The van der Waals surface area contributed by atoms with E-state index in [1.807, 2.05) is 35.7 Å². The van der Waals surface area contributed by atoms with Crippen molar-refractivity contribution in [2.75, 3.05) is 5.32 Å². The third-order valence-corrected chi connectivity index (χ3v) is 3.81. The number of rotatable bonds is 6. The number of thiophene rings is 1. The normalized spacial score (nSPS) is 11.7. The Labute approximate surface area is 127 Å². The summed E-state index contributed by atoms with van der Waals surface area (Å²) in [4.78, 5) is 24.7. The molecule has 2 aromatic rings. The maximum atomic E-state index is 11.9. The Kier molecular flexibility index (Phi) is 5.51. The predicted octanol–water partition coefficient (Wildman–Crippen LogP) is 3.25. The molecule has 0 aliphatic heterocycles. The molecule has 0 unspecified atom stereocenters. The molecule has 0 radical (unpaired) electrons. The number of hydrogen-bond donors (Lipinski definition) is 1. The summed E-state index contributed by atoms with van der Waals surface area (Å²) in [7, 11) is 0. The summed E-state index contributed by atoms with van der Waals surface area (Å²) in [5.41, 5.74) is 0.684. The minimum absolute atomic E-state index is 0.281. The van der Waals surface area contributed by atoms with Crippen LogP contribution in [0.25, 0.3) is 0 Å². The molecule has 0 aliphatic carbocycles. The summed E-state index contributed by atoms with van der Waals surface area (Å²) in [6.45, 7) is 1.57. The Morgan fingerprint density at radius 3 is 2.62 bits per heavy atom. The van der Waals surface area contributed by atoms with Crippen LogP contribution in [-0.2, 0) is 20.7 Å². The lowest BCUT2D eigenvalue weighted by molar-refractivity contribution is -0.153. The second-order valence-corrected chi connectivity index (χ2v) is 5.60. The summed E-state index contributed by atoms with van der Waals surface area (Å²) >= 11 is 1.60. The average Bonchev–Trinajstić information content (AvgIpc) is 2.99. The fourth-order valence-electron chi connectivity index (χ4n) is 1.76. The van der Waals surface area contributed by atoms with Crippen LogP contribution in [0.5, 0.6) is 0 Å². The molecular formula is C16H17NO3S. The first-order valence-electron chi connectivity index (χ1n) is 6.73. The largest absolute Gasteiger partial charge is 0.453 e. The molecular weight excluding hydrogens is 286 g/mol. The first-order valence-corrected chi connectivity index (χ1v) is 7.61. The molecule has 21 heavy (non-hydrogen) atoms. The quantitative estimate of drug-likeness (QED) is 0.833. The van der Waals surface area contributed by atoms with Crippen molar-refractivity contribution in [3.8, 4) is 0 Å². The molecule has 0 saturated heterocycles. The van der Waals surface area contributed by atoms with E-state index in [1.54, 1.807) is 30.4 Å². The number of aryl methyl sites for hydroxylation is 1. The van der Waals surface area contributed by atoms with Gasteiger partial charge in [-0.1, -0.05) is 24.3 Å². The van der Waals surface area contributed by atoms with Gasteiger partial charge in [-0.3, -0.25) is 9.59 Å². The standard InChI is InChI=1S/C16H17NO3S/c1-12(16(19)17-13-6-3-2-4-7-13)20-15(18)10-9-14-8-5-11-21-14/h2-8,11-12H,9-10H2,1H3,(H,17,19)/t12-/m0/s1. The number of amides is 1. The summed E-state index contributed by atoms with van der Waals surface area (Å²) < 4.78 is 5.14. The molecule has 1 N–H and O–H groups in total. The third-order valence-electron chi connectivity index (χ3n) is 2.87. The van der Waals surface area contributed by atoms with Crippen LogP contribution in [0.1, 0.15) is 18.2 Å². The Morgan fingerprint density at radius 1 is 1.19 bits per heavy atom. The molecule has 1 heterocycles. The monoisotopic (exact) mass is 303 g/mol. The topological polar surface area (TPSA) is 55.4 Å². The highest BCUT2D eigenvalue weighted by atomic mass is 32.1. The summed E-state index contributed by atoms with van der Waals surface area (Å²) in [5, 5.41) is 4.67. The van der Waals surface area contributed by atoms with E-state index in [9.17, 15) is 9.59 Å². The highest BCUT2D eigenvalue weighted by Gasteiger charge is 2.17. The number of carbonyl (C=O) groups excluding carboxylic acids is 2. The van der Waals surface area contributed by atoms with Gasteiger partial charge in [0, 0.05) is 10.6 Å². The lowest BCUT2D eigenvalue weighted by atomic mass is 10.2. The summed E-state index contributed by atoms with van der Waals surface area (Å²) in [6, 6.07) is 13.0. The van der Waals surface area contributed by atoms with Crippen molar-refractivity contribution in [3.63, 3.8) is 0 Å². The number of para-hydroxylation sites is 1. The number of carbonyl (C=O) groups is 2. The van der Waals surface area contributed by atoms with Crippen LogP contribution in [-0.4, -0.2) is 18.0 Å². The van der Waals surface area contributed by atoms with Gasteiger partial charge in [0.25, 0.3) is 5.91 Å². The van der Waals surface area contributed by atoms with Crippen molar-refractivity contribution >= 4 is 28.9 Å². The van der Waals surface area contributed by atoms with Gasteiger partial charge < -0.3 is 10.1 Å². The van der Waals surface area contributed by atoms with Crippen molar-refractivity contribution < 1.29 is 14.3 Å². The van der Waals surface area contributed by atoms with Crippen LogP contribution in [0.15, 0.2) is 47.8 Å². The van der Waals surface area contributed by atoms with E-state index in [0.29, 0.717) is 12.1 Å². The molecule has 0 spiro atoms. The van der Waals surface area contributed by atoms with Crippen molar-refractivity contribution in [2.24, 2.45) is 0 Å². The van der Waals surface area contributed by atoms with E-state index in [-0.39, 0.29) is 18.3 Å². The van der Waals surface area contributed by atoms with Gasteiger partial charge in [0.2, 0.25) is 0 Å². The van der Waals surface area contributed by atoms with E-state index < -0.39 is 6.10 Å². The summed E-state index contributed by atoms with van der Waals surface area (Å²) in [6.07, 6.45) is 0.119. The fourth-order valence-corrected chi connectivity index (χ4v) is 2.46. The zero-order chi connectivity index (χ0) is 15.1. The van der Waals surface area contributed by atoms with E-state index in [4.69, 9.17) is 4.74 Å².